The van der Waals surface area contributed by atoms with Gasteiger partial charge in [0, 0.05) is 15.7 Å². The van der Waals surface area contributed by atoms with Crippen LogP contribution in [0.5, 0.6) is 5.75 Å². The number of benzene rings is 2. The Labute approximate surface area is 149 Å². The smallest absolute Gasteiger partial charge is 0.258 e. The molecule has 0 fully saturated rings. The normalized spacial score (nSPS) is 10.1. The molecule has 24 heavy (non-hydrogen) atoms. The summed E-state index contributed by atoms with van der Waals surface area (Å²) in [7, 11) is 0. The van der Waals surface area contributed by atoms with Crippen LogP contribution in [-0.4, -0.2) is 25.0 Å². The number of amides is 2. The number of hydrogen-bond donors (Lipinski definition) is 2. The summed E-state index contributed by atoms with van der Waals surface area (Å²) in [6.45, 7) is 1.50. The van der Waals surface area contributed by atoms with Crippen molar-refractivity contribution in [2.75, 3.05) is 18.5 Å². The fourth-order valence-electron chi connectivity index (χ4n) is 1.87. The number of nitrogens with one attached hydrogen (secondary N) is 2. The molecule has 0 aliphatic rings. The van der Waals surface area contributed by atoms with Gasteiger partial charge in [0.2, 0.25) is 5.91 Å². The number of carbonyl (C=O) groups excluding carboxylic acids is 2. The minimum atomic E-state index is -0.395. The maximum Gasteiger partial charge on any atom is 0.258 e. The van der Waals surface area contributed by atoms with E-state index in [0.29, 0.717) is 21.5 Å². The first-order valence-corrected chi connectivity index (χ1v) is 7.91. The lowest BCUT2D eigenvalue weighted by molar-refractivity contribution is -0.125. The molecule has 0 atom stereocenters. The molecule has 0 aliphatic carbocycles. The third-order valence-corrected chi connectivity index (χ3v) is 3.58. The minimum Gasteiger partial charge on any atom is -0.484 e. The molecule has 0 heterocycles. The van der Waals surface area contributed by atoms with Crippen LogP contribution in [0.25, 0.3) is 0 Å². The number of halogens is 2. The molecule has 0 radical (unpaired) electrons. The largest absolute Gasteiger partial charge is 0.484 e. The number of hydrogen-bond acceptors (Lipinski definition) is 3. The van der Waals surface area contributed by atoms with Crippen LogP contribution in [-0.2, 0) is 9.59 Å². The molecule has 2 rings (SSSR count). The third kappa shape index (κ3) is 5.76. The van der Waals surface area contributed by atoms with Crippen LogP contribution in [0.4, 0.5) is 5.69 Å². The number of rotatable bonds is 6. The van der Waals surface area contributed by atoms with Gasteiger partial charge in [-0.15, -0.1) is 0 Å². The van der Waals surface area contributed by atoms with Crippen molar-refractivity contribution in [3.05, 3.63) is 58.1 Å². The summed E-state index contributed by atoms with van der Waals surface area (Å²) in [5, 5.41) is 6.37. The van der Waals surface area contributed by atoms with Crippen molar-refractivity contribution in [2.45, 2.75) is 6.92 Å². The zero-order chi connectivity index (χ0) is 17.5. The molecule has 2 amide bonds. The van der Waals surface area contributed by atoms with Crippen LogP contribution in [0.2, 0.25) is 10.0 Å². The van der Waals surface area contributed by atoms with E-state index in [4.69, 9.17) is 27.9 Å². The van der Waals surface area contributed by atoms with Gasteiger partial charge in [0.25, 0.3) is 5.91 Å². The minimum absolute atomic E-state index is 0.148. The van der Waals surface area contributed by atoms with Crippen molar-refractivity contribution in [3.63, 3.8) is 0 Å². The number of aryl methyl sites for hydroxylation is 1. The maximum absolute atomic E-state index is 11.9. The highest BCUT2D eigenvalue weighted by Gasteiger charge is 2.08. The zero-order valence-electron chi connectivity index (χ0n) is 12.9. The molecule has 0 saturated carbocycles. The van der Waals surface area contributed by atoms with Crippen molar-refractivity contribution < 1.29 is 14.3 Å². The van der Waals surface area contributed by atoms with Gasteiger partial charge >= 0.3 is 0 Å². The lowest BCUT2D eigenvalue weighted by Crippen LogP contribution is -2.35. The second kappa shape index (κ2) is 8.57. The fourth-order valence-corrected chi connectivity index (χ4v) is 2.22. The third-order valence-electron chi connectivity index (χ3n) is 3.09. The molecule has 0 aliphatic heterocycles. The van der Waals surface area contributed by atoms with Gasteiger partial charge in [-0.05, 0) is 55.0 Å². The van der Waals surface area contributed by atoms with Gasteiger partial charge in [0.1, 0.15) is 5.75 Å². The maximum atomic E-state index is 11.9. The molecule has 2 aromatic carbocycles. The van der Waals surface area contributed by atoms with Gasteiger partial charge < -0.3 is 15.4 Å². The fraction of sp³-hybridized carbons (Fsp3) is 0.176. The summed E-state index contributed by atoms with van der Waals surface area (Å²) >= 11 is 11.6. The lowest BCUT2D eigenvalue weighted by Gasteiger charge is -2.10. The van der Waals surface area contributed by atoms with Gasteiger partial charge in [-0.3, -0.25) is 9.59 Å². The molecular formula is C17H16Cl2N2O3. The summed E-state index contributed by atoms with van der Waals surface area (Å²) in [5.74, 6) is -0.205. The van der Waals surface area contributed by atoms with Crippen LogP contribution < -0.4 is 15.4 Å². The van der Waals surface area contributed by atoms with Crippen molar-refractivity contribution in [1.82, 2.24) is 5.32 Å². The van der Waals surface area contributed by atoms with E-state index in [1.807, 2.05) is 6.92 Å². The van der Waals surface area contributed by atoms with E-state index in [1.54, 1.807) is 42.5 Å². The molecule has 0 spiro atoms. The van der Waals surface area contributed by atoms with Gasteiger partial charge in [-0.25, -0.2) is 0 Å². The van der Waals surface area contributed by atoms with Crippen LogP contribution in [0, 0.1) is 6.92 Å². The Balaban J connectivity index is 1.74. The Morgan fingerprint density at radius 1 is 1.00 bits per heavy atom. The molecule has 0 saturated heterocycles. The van der Waals surface area contributed by atoms with E-state index < -0.39 is 5.91 Å². The second-order valence-corrected chi connectivity index (χ2v) is 5.90. The highest BCUT2D eigenvalue weighted by atomic mass is 35.5. The molecule has 0 unspecified atom stereocenters. The molecule has 5 nitrogen and oxygen atoms in total. The standard InChI is InChI=1S/C17H16Cl2N2O3/c1-11-8-13(19)4-7-15(11)21-16(22)9-20-17(23)10-24-14-5-2-12(18)3-6-14/h2-8H,9-10H2,1H3,(H,20,23)(H,21,22). The van der Waals surface area contributed by atoms with E-state index in [1.165, 1.54) is 0 Å². The van der Waals surface area contributed by atoms with Gasteiger partial charge in [-0.1, -0.05) is 23.2 Å². The van der Waals surface area contributed by atoms with Crippen molar-refractivity contribution in [1.29, 1.82) is 0 Å². The first kappa shape index (κ1) is 18.1. The molecule has 0 bridgehead atoms. The van der Waals surface area contributed by atoms with E-state index in [2.05, 4.69) is 10.6 Å². The van der Waals surface area contributed by atoms with Crippen molar-refractivity contribution >= 4 is 40.7 Å². The summed E-state index contributed by atoms with van der Waals surface area (Å²) in [6.07, 6.45) is 0. The monoisotopic (exact) mass is 366 g/mol. The molecular weight excluding hydrogens is 351 g/mol. The Morgan fingerprint density at radius 3 is 2.33 bits per heavy atom. The Morgan fingerprint density at radius 2 is 1.67 bits per heavy atom. The van der Waals surface area contributed by atoms with Crippen molar-refractivity contribution in [2.24, 2.45) is 0 Å². The van der Waals surface area contributed by atoms with Crippen LogP contribution in [0.3, 0.4) is 0 Å². The van der Waals surface area contributed by atoms with E-state index in [-0.39, 0.29) is 19.1 Å². The summed E-state index contributed by atoms with van der Waals surface area (Å²) in [4.78, 5) is 23.5. The average Bonchev–Trinajstić information content (AvgIpc) is 2.55. The van der Waals surface area contributed by atoms with Crippen LogP contribution >= 0.6 is 23.2 Å². The molecule has 126 valence electrons. The Kier molecular flexibility index (Phi) is 6.46. The van der Waals surface area contributed by atoms with E-state index in [9.17, 15) is 9.59 Å². The Hall–Kier alpha value is -2.24. The average molecular weight is 367 g/mol. The predicted molar refractivity (Wildman–Crippen MR) is 94.8 cm³/mol. The van der Waals surface area contributed by atoms with Crippen molar-refractivity contribution in [3.8, 4) is 5.75 Å². The van der Waals surface area contributed by atoms with Gasteiger partial charge in [0.05, 0.1) is 6.54 Å². The van der Waals surface area contributed by atoms with E-state index >= 15 is 0 Å². The first-order chi connectivity index (χ1) is 11.4. The molecule has 2 N–H and O–H groups in total. The van der Waals surface area contributed by atoms with Gasteiger partial charge in [-0.2, -0.15) is 0 Å². The molecule has 7 heteroatoms. The zero-order valence-corrected chi connectivity index (χ0v) is 14.4. The number of anilines is 1. The highest BCUT2D eigenvalue weighted by Crippen LogP contribution is 2.19. The van der Waals surface area contributed by atoms with Crippen LogP contribution in [0.15, 0.2) is 42.5 Å². The SMILES string of the molecule is Cc1cc(Cl)ccc1NC(=O)CNC(=O)COc1ccc(Cl)cc1. The van der Waals surface area contributed by atoms with Crippen LogP contribution in [0.1, 0.15) is 5.56 Å². The summed E-state index contributed by atoms with van der Waals surface area (Å²) in [6, 6.07) is 11.8. The van der Waals surface area contributed by atoms with Gasteiger partial charge in [0.15, 0.2) is 6.61 Å². The number of ether oxygens (including phenoxy) is 1. The summed E-state index contributed by atoms with van der Waals surface area (Å²) in [5.41, 5.74) is 1.49. The predicted octanol–water partition coefficient (Wildman–Crippen LogP) is 3.44. The molecule has 2 aromatic rings. The summed E-state index contributed by atoms with van der Waals surface area (Å²) < 4.78 is 5.29. The van der Waals surface area contributed by atoms with E-state index in [0.717, 1.165) is 5.56 Å². The lowest BCUT2D eigenvalue weighted by atomic mass is 10.2. The topological polar surface area (TPSA) is 67.4 Å². The first-order valence-electron chi connectivity index (χ1n) is 7.15. The quantitative estimate of drug-likeness (QED) is 0.822. The molecule has 0 aromatic heterocycles. The second-order valence-electron chi connectivity index (χ2n) is 5.03. The highest BCUT2D eigenvalue weighted by molar-refractivity contribution is 6.31. The number of carbonyl (C=O) groups is 2. The Bertz CT molecular complexity index is 733.